The van der Waals surface area contributed by atoms with Gasteiger partial charge in [0.05, 0.1) is 5.69 Å². The summed E-state index contributed by atoms with van der Waals surface area (Å²) in [5, 5.41) is 11.4. The van der Waals surface area contributed by atoms with Crippen LogP contribution in [0.3, 0.4) is 0 Å². The standard InChI is InChI=1S/C11H10N2O3/c1-7-4-2-3-5-9(7)13-10(14)8(6-12-13)11(15)16/h2-6,12H,1H3,(H,15,16). The Kier molecular flexibility index (Phi) is 2.36. The quantitative estimate of drug-likeness (QED) is 0.794. The lowest BCUT2D eigenvalue weighted by Crippen LogP contribution is -2.20. The van der Waals surface area contributed by atoms with Crippen molar-refractivity contribution in [3.63, 3.8) is 0 Å². The number of carboxylic acid groups (broad SMARTS) is 1. The van der Waals surface area contributed by atoms with Crippen LogP contribution in [0.5, 0.6) is 0 Å². The van der Waals surface area contributed by atoms with Gasteiger partial charge in [0.1, 0.15) is 5.56 Å². The number of hydrogen-bond donors (Lipinski definition) is 2. The molecule has 0 fully saturated rings. The van der Waals surface area contributed by atoms with Crippen LogP contribution in [0.15, 0.2) is 35.3 Å². The number of aromatic nitrogens is 2. The first-order chi connectivity index (χ1) is 7.61. The third kappa shape index (κ3) is 1.52. The molecule has 0 aliphatic heterocycles. The normalized spacial score (nSPS) is 10.3. The van der Waals surface area contributed by atoms with E-state index in [1.807, 2.05) is 19.1 Å². The lowest BCUT2D eigenvalue weighted by atomic mass is 10.2. The molecule has 0 unspecified atom stereocenters. The minimum Gasteiger partial charge on any atom is -0.477 e. The summed E-state index contributed by atoms with van der Waals surface area (Å²) in [5.41, 5.74) is 0.730. The number of hydrogen-bond acceptors (Lipinski definition) is 2. The number of nitrogens with one attached hydrogen (secondary N) is 1. The van der Waals surface area contributed by atoms with E-state index in [0.717, 1.165) is 5.56 Å². The number of para-hydroxylation sites is 1. The molecule has 5 heteroatoms. The summed E-state index contributed by atoms with van der Waals surface area (Å²) in [4.78, 5) is 22.4. The SMILES string of the molecule is Cc1ccccc1-n1[nH]cc(C(=O)O)c1=O. The van der Waals surface area contributed by atoms with Crippen LogP contribution in [0, 0.1) is 6.92 Å². The first kappa shape index (κ1) is 10.2. The van der Waals surface area contributed by atoms with E-state index in [2.05, 4.69) is 5.10 Å². The molecular weight excluding hydrogens is 208 g/mol. The van der Waals surface area contributed by atoms with Gasteiger partial charge in [0.2, 0.25) is 0 Å². The molecule has 82 valence electrons. The van der Waals surface area contributed by atoms with E-state index in [4.69, 9.17) is 5.11 Å². The van der Waals surface area contributed by atoms with Gasteiger partial charge in [0.15, 0.2) is 0 Å². The van der Waals surface area contributed by atoms with E-state index in [0.29, 0.717) is 5.69 Å². The number of H-pyrrole nitrogens is 1. The Morgan fingerprint density at radius 3 is 2.62 bits per heavy atom. The van der Waals surface area contributed by atoms with Crippen LogP contribution in [0.25, 0.3) is 5.69 Å². The van der Waals surface area contributed by atoms with E-state index in [-0.39, 0.29) is 5.56 Å². The van der Waals surface area contributed by atoms with Gasteiger partial charge in [-0.25, -0.2) is 9.48 Å². The molecule has 1 aromatic heterocycles. The molecule has 1 heterocycles. The predicted molar refractivity (Wildman–Crippen MR) is 58.1 cm³/mol. The Bertz CT molecular complexity index is 595. The van der Waals surface area contributed by atoms with Gasteiger partial charge in [-0.2, -0.15) is 0 Å². The highest BCUT2D eigenvalue weighted by Gasteiger charge is 2.14. The summed E-state index contributed by atoms with van der Waals surface area (Å²) in [5.74, 6) is -1.23. The molecule has 2 N–H and O–H groups in total. The van der Waals surface area contributed by atoms with Gasteiger partial charge in [-0.05, 0) is 18.6 Å². The monoisotopic (exact) mass is 218 g/mol. The second kappa shape index (κ2) is 3.69. The summed E-state index contributed by atoms with van der Waals surface area (Å²) in [6.07, 6.45) is 1.19. The molecule has 0 atom stereocenters. The Morgan fingerprint density at radius 1 is 1.38 bits per heavy atom. The Morgan fingerprint density at radius 2 is 2.06 bits per heavy atom. The van der Waals surface area contributed by atoms with Crippen LogP contribution >= 0.6 is 0 Å². The number of rotatable bonds is 2. The summed E-state index contributed by atoms with van der Waals surface area (Å²) < 4.78 is 1.22. The molecule has 16 heavy (non-hydrogen) atoms. The summed E-state index contributed by atoms with van der Waals surface area (Å²) >= 11 is 0. The van der Waals surface area contributed by atoms with Crippen LogP contribution in [0.4, 0.5) is 0 Å². The molecule has 2 aromatic rings. The Balaban J connectivity index is 2.63. The average Bonchev–Trinajstić information content (AvgIpc) is 2.61. The second-order valence-corrected chi connectivity index (χ2v) is 3.42. The summed E-state index contributed by atoms with van der Waals surface area (Å²) in [6.45, 7) is 1.85. The van der Waals surface area contributed by atoms with E-state index in [1.165, 1.54) is 10.9 Å². The van der Waals surface area contributed by atoms with Crippen LogP contribution in [0.1, 0.15) is 15.9 Å². The number of aryl methyl sites for hydroxylation is 1. The predicted octanol–water partition coefficient (Wildman–Crippen LogP) is 1.17. The van der Waals surface area contributed by atoms with Crippen LogP contribution in [-0.4, -0.2) is 20.9 Å². The van der Waals surface area contributed by atoms with Crippen molar-refractivity contribution in [2.24, 2.45) is 0 Å². The van der Waals surface area contributed by atoms with Crippen LogP contribution < -0.4 is 5.56 Å². The summed E-state index contributed by atoms with van der Waals surface area (Å²) in [6, 6.07) is 7.24. The topological polar surface area (TPSA) is 75.1 Å². The largest absolute Gasteiger partial charge is 0.477 e. The second-order valence-electron chi connectivity index (χ2n) is 3.42. The van der Waals surface area contributed by atoms with E-state index >= 15 is 0 Å². The van der Waals surface area contributed by atoms with Gasteiger partial charge in [0, 0.05) is 6.20 Å². The Labute approximate surface area is 90.9 Å². The molecule has 1 aromatic carbocycles. The number of aromatic amines is 1. The zero-order chi connectivity index (χ0) is 11.7. The molecule has 2 rings (SSSR count). The molecule has 0 aliphatic rings. The third-order valence-electron chi connectivity index (χ3n) is 2.36. The van der Waals surface area contributed by atoms with Gasteiger partial charge in [-0.15, -0.1) is 0 Å². The number of nitrogens with zero attached hydrogens (tertiary/aromatic N) is 1. The molecule has 0 saturated heterocycles. The zero-order valence-corrected chi connectivity index (χ0v) is 8.60. The molecule has 0 radical (unpaired) electrons. The number of carboxylic acids is 1. The van der Waals surface area contributed by atoms with Crippen LogP contribution in [-0.2, 0) is 0 Å². The van der Waals surface area contributed by atoms with Crippen LogP contribution in [0.2, 0.25) is 0 Å². The fraction of sp³-hybridized carbons (Fsp3) is 0.0909. The van der Waals surface area contributed by atoms with Crippen molar-refractivity contribution in [1.82, 2.24) is 9.78 Å². The molecular formula is C11H10N2O3. The lowest BCUT2D eigenvalue weighted by Gasteiger charge is -2.04. The van der Waals surface area contributed by atoms with E-state index < -0.39 is 11.5 Å². The molecule has 5 nitrogen and oxygen atoms in total. The molecule has 0 aliphatic carbocycles. The first-order valence-electron chi connectivity index (χ1n) is 4.71. The van der Waals surface area contributed by atoms with Crippen molar-refractivity contribution in [3.05, 3.63) is 51.9 Å². The molecule has 0 spiro atoms. The van der Waals surface area contributed by atoms with Crippen molar-refractivity contribution in [2.75, 3.05) is 0 Å². The van der Waals surface area contributed by atoms with E-state index in [1.54, 1.807) is 12.1 Å². The number of carbonyl (C=O) groups is 1. The van der Waals surface area contributed by atoms with E-state index in [9.17, 15) is 9.59 Å². The average molecular weight is 218 g/mol. The highest BCUT2D eigenvalue weighted by Crippen LogP contribution is 2.10. The minimum atomic E-state index is -1.23. The smallest absolute Gasteiger partial charge is 0.342 e. The maximum Gasteiger partial charge on any atom is 0.342 e. The van der Waals surface area contributed by atoms with Gasteiger partial charge >= 0.3 is 5.97 Å². The van der Waals surface area contributed by atoms with Gasteiger partial charge in [-0.1, -0.05) is 18.2 Å². The first-order valence-corrected chi connectivity index (χ1v) is 4.71. The highest BCUT2D eigenvalue weighted by molar-refractivity contribution is 5.86. The van der Waals surface area contributed by atoms with Crippen molar-refractivity contribution in [2.45, 2.75) is 6.92 Å². The highest BCUT2D eigenvalue weighted by atomic mass is 16.4. The number of benzene rings is 1. The molecule has 0 bridgehead atoms. The molecule has 0 saturated carbocycles. The van der Waals surface area contributed by atoms with Crippen molar-refractivity contribution < 1.29 is 9.90 Å². The van der Waals surface area contributed by atoms with Gasteiger partial charge < -0.3 is 5.11 Å². The Hall–Kier alpha value is -2.30. The summed E-state index contributed by atoms with van der Waals surface area (Å²) in [7, 11) is 0. The minimum absolute atomic E-state index is 0.261. The lowest BCUT2D eigenvalue weighted by molar-refractivity contribution is 0.0695. The number of aromatic carboxylic acids is 1. The maximum absolute atomic E-state index is 11.7. The maximum atomic E-state index is 11.7. The third-order valence-corrected chi connectivity index (χ3v) is 2.36. The fourth-order valence-electron chi connectivity index (χ4n) is 1.52. The zero-order valence-electron chi connectivity index (χ0n) is 8.60. The van der Waals surface area contributed by atoms with Gasteiger partial charge in [0.25, 0.3) is 5.56 Å². The van der Waals surface area contributed by atoms with Crippen molar-refractivity contribution in [1.29, 1.82) is 0 Å². The fourth-order valence-corrected chi connectivity index (χ4v) is 1.52. The van der Waals surface area contributed by atoms with Gasteiger partial charge in [-0.3, -0.25) is 9.89 Å². The molecule has 0 amide bonds. The van der Waals surface area contributed by atoms with Crippen molar-refractivity contribution in [3.8, 4) is 5.69 Å². The van der Waals surface area contributed by atoms with Crippen molar-refractivity contribution >= 4 is 5.97 Å².